The number of nitrogens with one attached hydrogen (secondary N) is 1. The van der Waals surface area contributed by atoms with Crippen LogP contribution in [-0.2, 0) is 0 Å². The largest absolute Gasteiger partial charge is 0.339 e. The Hall–Kier alpha value is -1.59. The Labute approximate surface area is 144 Å². The van der Waals surface area contributed by atoms with Crippen LogP contribution in [0.3, 0.4) is 0 Å². The highest BCUT2D eigenvalue weighted by Gasteiger charge is 2.30. The molecule has 0 spiro atoms. The van der Waals surface area contributed by atoms with Gasteiger partial charge in [-0.25, -0.2) is 4.79 Å². The van der Waals surface area contributed by atoms with Gasteiger partial charge in [-0.1, -0.05) is 38.3 Å². The van der Waals surface area contributed by atoms with Gasteiger partial charge in [-0.05, 0) is 32.1 Å². The quantitative estimate of drug-likeness (QED) is 0.909. The molecule has 2 heterocycles. The molecular weight excluding hydrogens is 304 g/mol. The van der Waals surface area contributed by atoms with E-state index in [4.69, 9.17) is 4.52 Å². The zero-order valence-electron chi connectivity index (χ0n) is 15.0. The zero-order chi connectivity index (χ0) is 16.9. The van der Waals surface area contributed by atoms with Crippen LogP contribution in [0, 0.1) is 0 Å². The van der Waals surface area contributed by atoms with Gasteiger partial charge in [0.05, 0.1) is 5.92 Å². The minimum atomic E-state index is 0.0771. The molecule has 2 atom stereocenters. The number of rotatable bonds is 4. The number of carbonyl (C=O) groups excluding carboxylic acids is 1. The van der Waals surface area contributed by atoms with Crippen molar-refractivity contribution in [1.82, 2.24) is 20.4 Å². The van der Waals surface area contributed by atoms with E-state index in [1.54, 1.807) is 0 Å². The van der Waals surface area contributed by atoms with Crippen molar-refractivity contribution >= 4 is 6.03 Å². The Kier molecular flexibility index (Phi) is 5.74. The van der Waals surface area contributed by atoms with Crippen molar-refractivity contribution in [2.45, 2.75) is 83.1 Å². The number of piperidine rings is 1. The molecule has 24 heavy (non-hydrogen) atoms. The number of aromatic nitrogens is 2. The molecule has 1 aromatic heterocycles. The van der Waals surface area contributed by atoms with Crippen molar-refractivity contribution < 1.29 is 9.32 Å². The van der Waals surface area contributed by atoms with Gasteiger partial charge in [-0.15, -0.1) is 0 Å². The van der Waals surface area contributed by atoms with Crippen molar-refractivity contribution in [3.63, 3.8) is 0 Å². The van der Waals surface area contributed by atoms with Crippen molar-refractivity contribution in [2.24, 2.45) is 0 Å². The summed E-state index contributed by atoms with van der Waals surface area (Å²) in [7, 11) is 0. The highest BCUT2D eigenvalue weighted by atomic mass is 16.5. The van der Waals surface area contributed by atoms with E-state index in [-0.39, 0.29) is 11.9 Å². The maximum atomic E-state index is 12.6. The first-order valence-corrected chi connectivity index (χ1v) is 9.56. The van der Waals surface area contributed by atoms with Gasteiger partial charge in [0.2, 0.25) is 5.89 Å². The van der Waals surface area contributed by atoms with Crippen LogP contribution in [0.4, 0.5) is 4.79 Å². The Morgan fingerprint density at radius 2 is 2.08 bits per heavy atom. The zero-order valence-corrected chi connectivity index (χ0v) is 15.0. The van der Waals surface area contributed by atoms with E-state index in [1.807, 2.05) is 4.90 Å². The van der Waals surface area contributed by atoms with Crippen LogP contribution >= 0.6 is 0 Å². The molecule has 2 amide bonds. The van der Waals surface area contributed by atoms with E-state index in [9.17, 15) is 4.79 Å². The normalized spacial score (nSPS) is 23.9. The highest BCUT2D eigenvalue weighted by molar-refractivity contribution is 5.74. The standard InChI is InChI=1S/C18H30N4O2/c1-3-13(2)16-20-17(24-21-16)14-8-7-11-22(12-14)18(23)19-15-9-5-4-6-10-15/h13-15H,3-12H2,1-2H3,(H,19,23)/t13-,14+/m0/s1. The maximum absolute atomic E-state index is 12.6. The first-order chi connectivity index (χ1) is 11.7. The van der Waals surface area contributed by atoms with Crippen molar-refractivity contribution in [1.29, 1.82) is 0 Å². The van der Waals surface area contributed by atoms with Gasteiger partial charge >= 0.3 is 6.03 Å². The second kappa shape index (κ2) is 7.99. The first kappa shape index (κ1) is 17.2. The Morgan fingerprint density at radius 3 is 2.83 bits per heavy atom. The number of hydrogen-bond acceptors (Lipinski definition) is 4. The molecule has 0 unspecified atom stereocenters. The van der Waals surface area contributed by atoms with Gasteiger partial charge in [-0.3, -0.25) is 0 Å². The summed E-state index contributed by atoms with van der Waals surface area (Å²) in [5, 5.41) is 7.33. The summed E-state index contributed by atoms with van der Waals surface area (Å²) in [6.45, 7) is 5.74. The van der Waals surface area contributed by atoms with Gasteiger partial charge in [0.25, 0.3) is 0 Å². The average molecular weight is 334 g/mol. The number of hydrogen-bond donors (Lipinski definition) is 1. The highest BCUT2D eigenvalue weighted by Crippen LogP contribution is 2.27. The van der Waals surface area contributed by atoms with Gasteiger partial charge in [0.15, 0.2) is 5.82 Å². The van der Waals surface area contributed by atoms with Crippen molar-refractivity contribution in [3.05, 3.63) is 11.7 Å². The van der Waals surface area contributed by atoms with Gasteiger partial charge < -0.3 is 14.7 Å². The summed E-state index contributed by atoms with van der Waals surface area (Å²) in [5.74, 6) is 1.97. The minimum absolute atomic E-state index is 0.0771. The molecule has 0 radical (unpaired) electrons. The van der Waals surface area contributed by atoms with E-state index < -0.39 is 0 Å². The van der Waals surface area contributed by atoms with Crippen molar-refractivity contribution in [3.8, 4) is 0 Å². The molecule has 0 aromatic carbocycles. The van der Waals surface area contributed by atoms with Crippen LogP contribution in [0.1, 0.15) is 88.8 Å². The lowest BCUT2D eigenvalue weighted by atomic mass is 9.95. The summed E-state index contributed by atoms with van der Waals surface area (Å²) in [6, 6.07) is 0.431. The molecule has 134 valence electrons. The lowest BCUT2D eigenvalue weighted by Gasteiger charge is -2.33. The fourth-order valence-corrected chi connectivity index (χ4v) is 3.67. The fourth-order valence-electron chi connectivity index (χ4n) is 3.67. The third-order valence-corrected chi connectivity index (χ3v) is 5.50. The topological polar surface area (TPSA) is 71.3 Å². The molecule has 1 saturated carbocycles. The van der Waals surface area contributed by atoms with Gasteiger partial charge in [0.1, 0.15) is 0 Å². The number of carbonyl (C=O) groups is 1. The van der Waals surface area contributed by atoms with E-state index >= 15 is 0 Å². The lowest BCUT2D eigenvalue weighted by Crippen LogP contribution is -2.48. The molecule has 2 aliphatic rings. The van der Waals surface area contributed by atoms with E-state index in [1.165, 1.54) is 19.3 Å². The number of nitrogens with zero attached hydrogens (tertiary/aromatic N) is 3. The number of amides is 2. The molecule has 6 heteroatoms. The summed E-state index contributed by atoms with van der Waals surface area (Å²) < 4.78 is 5.49. The molecule has 1 aromatic rings. The molecule has 1 N–H and O–H groups in total. The Bertz CT molecular complexity index is 539. The molecule has 1 aliphatic carbocycles. The molecular formula is C18H30N4O2. The molecule has 1 saturated heterocycles. The van der Waals surface area contributed by atoms with E-state index in [0.29, 0.717) is 24.4 Å². The van der Waals surface area contributed by atoms with Gasteiger partial charge in [-0.2, -0.15) is 4.98 Å². The molecule has 2 fully saturated rings. The predicted molar refractivity (Wildman–Crippen MR) is 92.0 cm³/mol. The second-order valence-corrected chi connectivity index (χ2v) is 7.37. The third-order valence-electron chi connectivity index (χ3n) is 5.50. The van der Waals surface area contributed by atoms with Crippen LogP contribution in [0.5, 0.6) is 0 Å². The smallest absolute Gasteiger partial charge is 0.317 e. The first-order valence-electron chi connectivity index (χ1n) is 9.56. The summed E-state index contributed by atoms with van der Waals surface area (Å²) in [5.41, 5.74) is 0. The average Bonchev–Trinajstić information content (AvgIpc) is 3.12. The Balaban J connectivity index is 1.57. The van der Waals surface area contributed by atoms with Crippen molar-refractivity contribution in [2.75, 3.05) is 13.1 Å². The van der Waals surface area contributed by atoms with Crippen LogP contribution in [0.15, 0.2) is 4.52 Å². The molecule has 1 aliphatic heterocycles. The van der Waals surface area contributed by atoms with Gasteiger partial charge in [0, 0.05) is 25.0 Å². The number of urea groups is 1. The Morgan fingerprint density at radius 1 is 1.29 bits per heavy atom. The van der Waals surface area contributed by atoms with Crippen LogP contribution in [0.2, 0.25) is 0 Å². The predicted octanol–water partition coefficient (Wildman–Crippen LogP) is 3.80. The molecule has 0 bridgehead atoms. The van der Waals surface area contributed by atoms with Crippen LogP contribution < -0.4 is 5.32 Å². The molecule has 3 rings (SSSR count). The minimum Gasteiger partial charge on any atom is -0.339 e. The van der Waals surface area contributed by atoms with Crippen LogP contribution in [0.25, 0.3) is 0 Å². The summed E-state index contributed by atoms with van der Waals surface area (Å²) >= 11 is 0. The molecule has 6 nitrogen and oxygen atoms in total. The van der Waals surface area contributed by atoms with E-state index in [0.717, 1.165) is 44.5 Å². The second-order valence-electron chi connectivity index (χ2n) is 7.37. The SMILES string of the molecule is CC[C@H](C)c1noc([C@@H]2CCCN(C(=O)NC3CCCCC3)C2)n1. The summed E-state index contributed by atoms with van der Waals surface area (Å²) in [4.78, 5) is 19.1. The number of likely N-dealkylation sites (tertiary alicyclic amines) is 1. The maximum Gasteiger partial charge on any atom is 0.317 e. The fraction of sp³-hybridized carbons (Fsp3) is 0.833. The third kappa shape index (κ3) is 4.08. The van der Waals surface area contributed by atoms with Crippen LogP contribution in [-0.4, -0.2) is 40.2 Å². The van der Waals surface area contributed by atoms with E-state index in [2.05, 4.69) is 29.3 Å². The lowest BCUT2D eigenvalue weighted by molar-refractivity contribution is 0.166. The summed E-state index contributed by atoms with van der Waals surface area (Å²) in [6.07, 6.45) is 8.99. The monoisotopic (exact) mass is 334 g/mol.